The smallest absolute Gasteiger partial charge is 0.268 e. The molecule has 0 fully saturated rings. The molecule has 2 aromatic heterocycles. The van der Waals surface area contributed by atoms with Crippen molar-refractivity contribution in [2.75, 3.05) is 13.7 Å². The minimum Gasteiger partial charge on any atom is -0.483 e. The van der Waals surface area contributed by atoms with Gasteiger partial charge in [-0.05, 0) is 42.5 Å². The summed E-state index contributed by atoms with van der Waals surface area (Å²) in [7, 11) is 1.66. The predicted octanol–water partition coefficient (Wildman–Crippen LogP) is 2.64. The van der Waals surface area contributed by atoms with Gasteiger partial charge in [0.25, 0.3) is 11.5 Å². The normalized spacial score (nSPS) is 10.8. The first-order valence-electron chi connectivity index (χ1n) is 7.84. The van der Waals surface area contributed by atoms with Gasteiger partial charge in [0, 0.05) is 7.05 Å². The van der Waals surface area contributed by atoms with Crippen molar-refractivity contribution in [1.82, 2.24) is 14.9 Å². The van der Waals surface area contributed by atoms with Crippen LogP contribution in [0.3, 0.4) is 0 Å². The first-order chi connectivity index (χ1) is 11.9. The monoisotopic (exact) mass is 357 g/mol. The van der Waals surface area contributed by atoms with E-state index in [2.05, 4.69) is 9.97 Å². The summed E-state index contributed by atoms with van der Waals surface area (Å²) >= 11 is 1.35. The third-order valence-corrected chi connectivity index (χ3v) is 4.77. The lowest BCUT2D eigenvalue weighted by molar-refractivity contribution is -0.132. The lowest BCUT2D eigenvalue weighted by Gasteiger charge is -2.17. The van der Waals surface area contributed by atoms with Crippen molar-refractivity contribution in [3.8, 4) is 5.75 Å². The number of carbonyl (C=O) groups is 1. The van der Waals surface area contributed by atoms with Crippen LogP contribution in [-0.2, 0) is 11.3 Å². The van der Waals surface area contributed by atoms with E-state index in [1.807, 2.05) is 37.4 Å². The second-order valence-corrected chi connectivity index (χ2v) is 6.87. The Bertz CT molecular complexity index is 977. The molecule has 0 atom stereocenters. The number of ether oxygens (including phenoxy) is 1. The number of nitrogens with zero attached hydrogens (tertiary/aromatic N) is 2. The molecule has 0 spiro atoms. The van der Waals surface area contributed by atoms with Gasteiger partial charge in [-0.3, -0.25) is 9.59 Å². The van der Waals surface area contributed by atoms with E-state index in [1.165, 1.54) is 16.2 Å². The molecule has 0 unspecified atom stereocenters. The Morgan fingerprint density at radius 1 is 1.32 bits per heavy atom. The van der Waals surface area contributed by atoms with Crippen molar-refractivity contribution in [1.29, 1.82) is 0 Å². The molecular formula is C18H19N3O3S. The Morgan fingerprint density at radius 2 is 2.12 bits per heavy atom. The zero-order valence-electron chi connectivity index (χ0n) is 14.3. The molecule has 1 N–H and O–H groups in total. The SMILES string of the molecule is Cc1ccc(C)c(OCC(=O)N(C)Cc2nc3ccsc3c(=O)[nH]2)c1. The van der Waals surface area contributed by atoms with Gasteiger partial charge in [0.2, 0.25) is 0 Å². The predicted molar refractivity (Wildman–Crippen MR) is 98.1 cm³/mol. The lowest BCUT2D eigenvalue weighted by atomic mass is 10.1. The van der Waals surface area contributed by atoms with Crippen molar-refractivity contribution in [3.05, 3.63) is 57.0 Å². The van der Waals surface area contributed by atoms with E-state index in [4.69, 9.17) is 4.74 Å². The molecule has 0 radical (unpaired) electrons. The second kappa shape index (κ2) is 7.06. The molecule has 3 aromatic rings. The fourth-order valence-electron chi connectivity index (χ4n) is 2.42. The number of thiophene rings is 1. The summed E-state index contributed by atoms with van der Waals surface area (Å²) in [6, 6.07) is 7.67. The number of H-pyrrole nitrogens is 1. The minimum atomic E-state index is -0.186. The van der Waals surface area contributed by atoms with Crippen molar-refractivity contribution < 1.29 is 9.53 Å². The molecule has 0 saturated carbocycles. The second-order valence-electron chi connectivity index (χ2n) is 5.96. The number of likely N-dealkylation sites (N-methyl/N-ethyl adjacent to an activating group) is 1. The first-order valence-corrected chi connectivity index (χ1v) is 8.72. The highest BCUT2D eigenvalue weighted by atomic mass is 32.1. The van der Waals surface area contributed by atoms with Gasteiger partial charge in [0.15, 0.2) is 6.61 Å². The van der Waals surface area contributed by atoms with E-state index in [0.717, 1.165) is 11.1 Å². The van der Waals surface area contributed by atoms with Crippen LogP contribution in [0.2, 0.25) is 0 Å². The van der Waals surface area contributed by atoms with E-state index in [9.17, 15) is 9.59 Å². The molecule has 6 nitrogen and oxygen atoms in total. The van der Waals surface area contributed by atoms with Crippen molar-refractivity contribution >= 4 is 27.5 Å². The average molecular weight is 357 g/mol. The van der Waals surface area contributed by atoms with Crippen LogP contribution in [0.5, 0.6) is 5.75 Å². The molecule has 0 aliphatic carbocycles. The zero-order chi connectivity index (χ0) is 18.0. The molecule has 1 aromatic carbocycles. The third-order valence-electron chi connectivity index (χ3n) is 3.87. The maximum absolute atomic E-state index is 12.3. The molecule has 0 saturated heterocycles. The number of fused-ring (bicyclic) bond motifs is 1. The standard InChI is InChI=1S/C18H19N3O3S/c1-11-4-5-12(2)14(8-11)24-10-16(22)21(3)9-15-19-13-6-7-25-17(13)18(23)20-15/h4-8H,9-10H2,1-3H3,(H,19,20,23). The van der Waals surface area contributed by atoms with Gasteiger partial charge < -0.3 is 14.6 Å². The topological polar surface area (TPSA) is 75.3 Å². The molecule has 2 heterocycles. The molecule has 7 heteroatoms. The highest BCUT2D eigenvalue weighted by molar-refractivity contribution is 7.17. The summed E-state index contributed by atoms with van der Waals surface area (Å²) in [5.41, 5.74) is 2.53. The maximum Gasteiger partial charge on any atom is 0.268 e. The van der Waals surface area contributed by atoms with Crippen LogP contribution in [0.25, 0.3) is 10.2 Å². The summed E-state index contributed by atoms with van der Waals surface area (Å²) in [4.78, 5) is 32.9. The molecule has 1 amide bonds. The third kappa shape index (κ3) is 3.88. The summed E-state index contributed by atoms with van der Waals surface area (Å²) < 4.78 is 6.23. The number of aromatic amines is 1. The highest BCUT2D eigenvalue weighted by Crippen LogP contribution is 2.19. The fourth-order valence-corrected chi connectivity index (χ4v) is 3.15. The summed E-state index contributed by atoms with van der Waals surface area (Å²) in [5, 5.41) is 1.82. The summed E-state index contributed by atoms with van der Waals surface area (Å²) in [5.74, 6) is 0.973. The van der Waals surface area contributed by atoms with Crippen LogP contribution in [0, 0.1) is 13.8 Å². The van der Waals surface area contributed by atoms with Crippen LogP contribution < -0.4 is 10.3 Å². The quantitative estimate of drug-likeness (QED) is 0.762. The number of rotatable bonds is 5. The van der Waals surface area contributed by atoms with Gasteiger partial charge in [-0.1, -0.05) is 12.1 Å². The number of carbonyl (C=O) groups excluding carboxylic acids is 1. The number of nitrogens with one attached hydrogen (secondary N) is 1. The van der Waals surface area contributed by atoms with E-state index >= 15 is 0 Å². The van der Waals surface area contributed by atoms with E-state index < -0.39 is 0 Å². The largest absolute Gasteiger partial charge is 0.483 e. The van der Waals surface area contributed by atoms with E-state index in [1.54, 1.807) is 13.1 Å². The lowest BCUT2D eigenvalue weighted by Crippen LogP contribution is -2.32. The molecular weight excluding hydrogens is 338 g/mol. The van der Waals surface area contributed by atoms with Crippen LogP contribution >= 0.6 is 11.3 Å². The number of hydrogen-bond acceptors (Lipinski definition) is 5. The Kier molecular flexibility index (Phi) is 4.85. The fraction of sp³-hybridized carbons (Fsp3) is 0.278. The molecule has 3 rings (SSSR count). The Balaban J connectivity index is 1.65. The summed E-state index contributed by atoms with van der Waals surface area (Å²) in [6.07, 6.45) is 0. The van der Waals surface area contributed by atoms with Gasteiger partial charge >= 0.3 is 0 Å². The van der Waals surface area contributed by atoms with Crippen LogP contribution in [0.15, 0.2) is 34.4 Å². The first kappa shape index (κ1) is 17.2. The van der Waals surface area contributed by atoms with Gasteiger partial charge in [-0.2, -0.15) is 0 Å². The minimum absolute atomic E-state index is 0.0638. The number of aromatic nitrogens is 2. The average Bonchev–Trinajstić information content (AvgIpc) is 3.04. The highest BCUT2D eigenvalue weighted by Gasteiger charge is 2.13. The van der Waals surface area contributed by atoms with Gasteiger partial charge in [-0.25, -0.2) is 4.98 Å². The van der Waals surface area contributed by atoms with E-state index in [0.29, 0.717) is 21.8 Å². The van der Waals surface area contributed by atoms with E-state index in [-0.39, 0.29) is 24.6 Å². The number of hydrogen-bond donors (Lipinski definition) is 1. The Morgan fingerprint density at radius 3 is 2.92 bits per heavy atom. The van der Waals surface area contributed by atoms with Crippen LogP contribution in [0.1, 0.15) is 17.0 Å². The molecule has 130 valence electrons. The number of aryl methyl sites for hydroxylation is 2. The number of benzene rings is 1. The summed E-state index contributed by atoms with van der Waals surface area (Å²) in [6.45, 7) is 4.07. The van der Waals surface area contributed by atoms with Crippen LogP contribution in [-0.4, -0.2) is 34.4 Å². The Hall–Kier alpha value is -2.67. The van der Waals surface area contributed by atoms with Gasteiger partial charge in [-0.15, -0.1) is 11.3 Å². The van der Waals surface area contributed by atoms with Crippen molar-refractivity contribution in [2.24, 2.45) is 0 Å². The zero-order valence-corrected chi connectivity index (χ0v) is 15.1. The van der Waals surface area contributed by atoms with Crippen molar-refractivity contribution in [3.63, 3.8) is 0 Å². The van der Waals surface area contributed by atoms with Crippen molar-refractivity contribution in [2.45, 2.75) is 20.4 Å². The van der Waals surface area contributed by atoms with Gasteiger partial charge in [0.1, 0.15) is 16.3 Å². The van der Waals surface area contributed by atoms with Crippen LogP contribution in [0.4, 0.5) is 0 Å². The van der Waals surface area contributed by atoms with Gasteiger partial charge in [0.05, 0.1) is 12.1 Å². The molecule has 25 heavy (non-hydrogen) atoms. The molecule has 0 aliphatic rings. The number of amides is 1. The molecule has 0 bridgehead atoms. The maximum atomic E-state index is 12.3. The Labute approximate surface area is 149 Å². The molecule has 0 aliphatic heterocycles.